The van der Waals surface area contributed by atoms with Gasteiger partial charge in [-0.05, 0) is 20.3 Å². The Balaban J connectivity index is 4.48. The Kier molecular flexibility index (Phi) is 4.29. The van der Waals surface area contributed by atoms with Gasteiger partial charge in [0, 0.05) is 5.41 Å². The fourth-order valence-electron chi connectivity index (χ4n) is 0.787. The van der Waals surface area contributed by atoms with Crippen molar-refractivity contribution in [1.29, 1.82) is 0 Å². The van der Waals surface area contributed by atoms with Crippen molar-refractivity contribution in [3.63, 3.8) is 0 Å². The molecule has 0 atom stereocenters. The van der Waals surface area contributed by atoms with E-state index in [2.05, 4.69) is 4.79 Å². The molecule has 0 saturated heterocycles. The van der Waals surface area contributed by atoms with Crippen LogP contribution in [-0.4, -0.2) is 16.8 Å². The van der Waals surface area contributed by atoms with Gasteiger partial charge in [-0.1, -0.05) is 25.5 Å². The fraction of sp³-hybridized carbons (Fsp3) is 0.600. The summed E-state index contributed by atoms with van der Waals surface area (Å²) in [5.41, 5.74) is 8.91. The normalized spacial score (nSPS) is 10.2. The summed E-state index contributed by atoms with van der Waals surface area (Å²) >= 11 is 0. The number of rotatable bonds is 4. The Morgan fingerprint density at radius 3 is 2.38 bits per heavy atom. The molecule has 0 aromatic heterocycles. The van der Waals surface area contributed by atoms with Gasteiger partial charge in [-0.15, -0.1) is 0 Å². The van der Waals surface area contributed by atoms with Gasteiger partial charge >= 0.3 is 6.21 Å². The Morgan fingerprint density at radius 2 is 2.00 bits per heavy atom. The van der Waals surface area contributed by atoms with Gasteiger partial charge in [0.05, 0.1) is 0 Å². The largest absolute Gasteiger partial charge is 0.361 e. The lowest BCUT2D eigenvalue weighted by atomic mass is 9.84. The first-order chi connectivity index (χ1) is 5.90. The van der Waals surface area contributed by atoms with Crippen molar-refractivity contribution >= 4 is 12.0 Å². The molecule has 0 heterocycles. The molecule has 0 bridgehead atoms. The number of ketones is 1. The van der Waals surface area contributed by atoms with Crippen LogP contribution in [-0.2, 0) is 4.79 Å². The minimum absolute atomic E-state index is 0.160. The molecule has 0 aromatic carbocycles. The standard InChI is InChI=1S/C10H16N2O/c1-8(2)5-6-10(3,4)9(13)7-12-11/h5,7H,6H2,1-4H3. The molecular formula is C10H16N2O. The van der Waals surface area contributed by atoms with Crippen LogP contribution in [0.15, 0.2) is 11.6 Å². The summed E-state index contributed by atoms with van der Waals surface area (Å²) in [4.78, 5) is 14.1. The first-order valence-corrected chi connectivity index (χ1v) is 4.25. The number of carbonyl (C=O) groups is 1. The van der Waals surface area contributed by atoms with Crippen molar-refractivity contribution in [3.05, 3.63) is 17.2 Å². The smallest absolute Gasteiger partial charge is 0.323 e. The molecule has 0 aromatic rings. The van der Waals surface area contributed by atoms with Crippen LogP contribution in [0.5, 0.6) is 0 Å². The highest BCUT2D eigenvalue weighted by atomic mass is 16.1. The van der Waals surface area contributed by atoms with Gasteiger partial charge in [-0.3, -0.25) is 4.79 Å². The van der Waals surface area contributed by atoms with E-state index in [1.54, 1.807) is 0 Å². The summed E-state index contributed by atoms with van der Waals surface area (Å²) in [7, 11) is 0. The highest BCUT2D eigenvalue weighted by molar-refractivity contribution is 6.27. The minimum atomic E-state index is -0.483. The van der Waals surface area contributed by atoms with E-state index in [1.165, 1.54) is 5.57 Å². The molecule has 3 nitrogen and oxygen atoms in total. The van der Waals surface area contributed by atoms with Gasteiger partial charge in [0.25, 0.3) is 0 Å². The lowest BCUT2D eigenvalue weighted by Crippen LogP contribution is -2.24. The van der Waals surface area contributed by atoms with Gasteiger partial charge in [0.15, 0.2) is 0 Å². The van der Waals surface area contributed by atoms with Gasteiger partial charge in [-0.2, -0.15) is 4.79 Å². The summed E-state index contributed by atoms with van der Waals surface area (Å²) < 4.78 is 0. The zero-order chi connectivity index (χ0) is 10.5. The highest BCUT2D eigenvalue weighted by Crippen LogP contribution is 2.21. The first kappa shape index (κ1) is 11.8. The van der Waals surface area contributed by atoms with E-state index in [-0.39, 0.29) is 5.78 Å². The van der Waals surface area contributed by atoms with E-state index in [0.717, 1.165) is 6.21 Å². The van der Waals surface area contributed by atoms with Crippen LogP contribution in [0.4, 0.5) is 0 Å². The molecule has 13 heavy (non-hydrogen) atoms. The molecule has 0 rings (SSSR count). The molecule has 0 aliphatic heterocycles. The van der Waals surface area contributed by atoms with E-state index in [9.17, 15) is 4.79 Å². The Bertz CT molecular complexity index is 267. The van der Waals surface area contributed by atoms with Gasteiger partial charge in [0.2, 0.25) is 5.78 Å². The molecule has 0 aliphatic carbocycles. The topological polar surface area (TPSA) is 53.5 Å². The number of carbonyl (C=O) groups excluding carboxylic acids is 1. The second-order valence-electron chi connectivity index (χ2n) is 3.98. The van der Waals surface area contributed by atoms with Crippen molar-refractivity contribution in [2.24, 2.45) is 5.41 Å². The van der Waals surface area contributed by atoms with Crippen LogP contribution in [0.3, 0.4) is 0 Å². The van der Waals surface area contributed by atoms with Gasteiger partial charge in [0.1, 0.15) is 0 Å². The average molecular weight is 180 g/mol. The summed E-state index contributed by atoms with van der Waals surface area (Å²) in [6, 6.07) is 0. The van der Waals surface area contributed by atoms with Crippen LogP contribution < -0.4 is 0 Å². The second kappa shape index (κ2) is 4.73. The lowest BCUT2D eigenvalue weighted by Gasteiger charge is -2.16. The van der Waals surface area contributed by atoms with E-state index in [4.69, 9.17) is 5.53 Å². The van der Waals surface area contributed by atoms with Crippen molar-refractivity contribution < 1.29 is 9.58 Å². The summed E-state index contributed by atoms with van der Waals surface area (Å²) in [6.45, 7) is 7.63. The second-order valence-corrected chi connectivity index (χ2v) is 3.98. The summed E-state index contributed by atoms with van der Waals surface area (Å²) in [5, 5.41) is 0. The molecular weight excluding hydrogens is 164 g/mol. The van der Waals surface area contributed by atoms with E-state index in [0.29, 0.717) is 6.42 Å². The van der Waals surface area contributed by atoms with Crippen LogP contribution in [0, 0.1) is 5.41 Å². The lowest BCUT2D eigenvalue weighted by molar-refractivity contribution is -0.123. The van der Waals surface area contributed by atoms with E-state index < -0.39 is 5.41 Å². The third kappa shape index (κ3) is 4.38. The Hall–Kier alpha value is -1.21. The predicted molar refractivity (Wildman–Crippen MR) is 52.5 cm³/mol. The van der Waals surface area contributed by atoms with Gasteiger partial charge in [-0.25, -0.2) is 0 Å². The molecule has 0 saturated carbocycles. The van der Waals surface area contributed by atoms with Crippen molar-refractivity contribution in [3.8, 4) is 0 Å². The quantitative estimate of drug-likeness (QED) is 0.283. The van der Waals surface area contributed by atoms with Crippen LogP contribution in [0.1, 0.15) is 34.1 Å². The third-order valence-electron chi connectivity index (χ3n) is 1.86. The highest BCUT2D eigenvalue weighted by Gasteiger charge is 2.27. The molecule has 3 heteroatoms. The maximum absolute atomic E-state index is 11.3. The monoisotopic (exact) mass is 180 g/mol. The van der Waals surface area contributed by atoms with E-state index in [1.807, 2.05) is 33.8 Å². The first-order valence-electron chi connectivity index (χ1n) is 4.25. The van der Waals surface area contributed by atoms with Crippen LogP contribution >= 0.6 is 0 Å². The number of hydrogen-bond donors (Lipinski definition) is 0. The molecule has 0 fully saturated rings. The Morgan fingerprint density at radius 1 is 1.46 bits per heavy atom. The maximum atomic E-state index is 11.3. The molecule has 0 radical (unpaired) electrons. The van der Waals surface area contributed by atoms with E-state index >= 15 is 0 Å². The summed E-state index contributed by atoms with van der Waals surface area (Å²) in [6.07, 6.45) is 3.63. The molecule has 0 unspecified atom stereocenters. The molecule has 0 aliphatic rings. The zero-order valence-electron chi connectivity index (χ0n) is 8.66. The number of nitrogens with zero attached hydrogens (tertiary/aromatic N) is 2. The van der Waals surface area contributed by atoms with Crippen molar-refractivity contribution in [2.45, 2.75) is 34.1 Å². The van der Waals surface area contributed by atoms with Crippen molar-refractivity contribution in [1.82, 2.24) is 0 Å². The molecule has 0 N–H and O–H groups in total. The zero-order valence-corrected chi connectivity index (χ0v) is 8.66. The molecule has 0 amide bonds. The van der Waals surface area contributed by atoms with Gasteiger partial charge < -0.3 is 5.53 Å². The SMILES string of the molecule is CC(C)=CCC(C)(C)C(=O)C=[N+]=[N-]. The number of allylic oxidation sites excluding steroid dienone is 2. The number of Topliss-reactive ketones (excluding diaryl/α,β-unsaturated/α-hetero) is 1. The average Bonchev–Trinajstić information content (AvgIpc) is 2.01. The summed E-state index contributed by atoms with van der Waals surface area (Å²) in [5.74, 6) is -0.160. The molecule has 0 spiro atoms. The third-order valence-corrected chi connectivity index (χ3v) is 1.86. The van der Waals surface area contributed by atoms with Crippen molar-refractivity contribution in [2.75, 3.05) is 0 Å². The maximum Gasteiger partial charge on any atom is 0.323 e. The minimum Gasteiger partial charge on any atom is -0.361 e. The predicted octanol–water partition coefficient (Wildman–Crippen LogP) is 2.24. The fourth-order valence-corrected chi connectivity index (χ4v) is 0.787. The molecule has 72 valence electrons. The van der Waals surface area contributed by atoms with Crippen LogP contribution in [0.2, 0.25) is 0 Å². The van der Waals surface area contributed by atoms with Crippen LogP contribution in [0.25, 0.3) is 5.53 Å². The number of hydrogen-bond acceptors (Lipinski definition) is 1. The Labute approximate surface area is 79.1 Å².